The molecule has 49 heavy (non-hydrogen) atoms. The summed E-state index contributed by atoms with van der Waals surface area (Å²) in [5.74, 6) is -0.249. The van der Waals surface area contributed by atoms with Crippen molar-refractivity contribution in [3.05, 3.63) is 107 Å². The highest BCUT2D eigenvalue weighted by molar-refractivity contribution is 5.94. The van der Waals surface area contributed by atoms with Crippen molar-refractivity contribution >= 4 is 23.1 Å². The summed E-state index contributed by atoms with van der Waals surface area (Å²) in [5, 5.41) is 12.2. The minimum atomic E-state index is -4.87. The summed E-state index contributed by atoms with van der Waals surface area (Å²) in [5.41, 5.74) is 3.84. The SMILES string of the molecule is CC(C)c1cc(C#N)cc2nc(-c3ccc(C(=O)NCC4(C)CN(Cc5ccccc5-c5ccccc5OC(F)(F)F)C(=O)O4)cc3)oc12. The molecule has 1 fully saturated rings. The van der Waals surface area contributed by atoms with Gasteiger partial charge in [0.15, 0.2) is 5.58 Å². The maximum atomic E-state index is 13.1. The van der Waals surface area contributed by atoms with Crippen molar-refractivity contribution < 1.29 is 36.7 Å². The number of para-hydroxylation sites is 1. The number of ether oxygens (including phenoxy) is 2. The number of carbonyl (C=O) groups is 2. The number of benzene rings is 4. The number of nitrogens with one attached hydrogen (secondary N) is 1. The molecule has 1 saturated heterocycles. The van der Waals surface area contributed by atoms with Crippen LogP contribution in [0.4, 0.5) is 18.0 Å². The van der Waals surface area contributed by atoms with E-state index in [1.165, 1.54) is 23.1 Å². The molecule has 0 radical (unpaired) electrons. The molecule has 0 spiro atoms. The van der Waals surface area contributed by atoms with Gasteiger partial charge in [-0.2, -0.15) is 5.26 Å². The van der Waals surface area contributed by atoms with Gasteiger partial charge in [-0.1, -0.05) is 56.3 Å². The van der Waals surface area contributed by atoms with Crippen LogP contribution in [0, 0.1) is 11.3 Å². The molecule has 5 aromatic rings. The first-order valence-electron chi connectivity index (χ1n) is 15.5. The number of halogens is 3. The number of hydrogen-bond acceptors (Lipinski definition) is 7. The first-order chi connectivity index (χ1) is 23.3. The second kappa shape index (κ2) is 13.0. The summed E-state index contributed by atoms with van der Waals surface area (Å²) in [6.45, 7) is 5.93. The molecule has 6 rings (SSSR count). The first-order valence-corrected chi connectivity index (χ1v) is 15.5. The van der Waals surface area contributed by atoms with Gasteiger partial charge in [0.2, 0.25) is 5.89 Å². The normalized spacial score (nSPS) is 16.1. The highest BCUT2D eigenvalue weighted by atomic mass is 19.4. The molecule has 1 aliphatic heterocycles. The number of nitrogens with zero attached hydrogens (tertiary/aromatic N) is 3. The van der Waals surface area contributed by atoms with E-state index >= 15 is 0 Å². The minimum absolute atomic E-state index is 0.0179. The Morgan fingerprint density at radius 1 is 1.06 bits per heavy atom. The van der Waals surface area contributed by atoms with Crippen LogP contribution in [0.2, 0.25) is 0 Å². The van der Waals surface area contributed by atoms with Crippen LogP contribution >= 0.6 is 0 Å². The van der Waals surface area contributed by atoms with Crippen molar-refractivity contribution in [2.24, 2.45) is 0 Å². The second-order valence-corrected chi connectivity index (χ2v) is 12.3. The predicted molar refractivity (Wildman–Crippen MR) is 174 cm³/mol. The number of hydrogen-bond donors (Lipinski definition) is 1. The van der Waals surface area contributed by atoms with E-state index in [-0.39, 0.29) is 42.8 Å². The van der Waals surface area contributed by atoms with Crippen LogP contribution in [-0.4, -0.2) is 46.9 Å². The van der Waals surface area contributed by atoms with Crippen LogP contribution in [0.15, 0.2) is 89.3 Å². The molecule has 2 heterocycles. The Morgan fingerprint density at radius 3 is 2.45 bits per heavy atom. The lowest BCUT2D eigenvalue weighted by molar-refractivity contribution is -0.274. The fraction of sp³-hybridized carbons (Fsp3) is 0.243. The topological polar surface area (TPSA) is 118 Å². The molecule has 9 nitrogen and oxygen atoms in total. The number of rotatable bonds is 9. The summed E-state index contributed by atoms with van der Waals surface area (Å²) >= 11 is 0. The molecule has 1 aliphatic rings. The van der Waals surface area contributed by atoms with Gasteiger partial charge in [0, 0.05) is 28.8 Å². The Bertz CT molecular complexity index is 2080. The highest BCUT2D eigenvalue weighted by Crippen LogP contribution is 2.37. The zero-order valence-corrected chi connectivity index (χ0v) is 26.8. The predicted octanol–water partition coefficient (Wildman–Crippen LogP) is 8.20. The van der Waals surface area contributed by atoms with Crippen LogP contribution in [0.1, 0.15) is 53.7 Å². The van der Waals surface area contributed by atoms with Gasteiger partial charge in [-0.05, 0) is 66.4 Å². The van der Waals surface area contributed by atoms with Gasteiger partial charge in [0.25, 0.3) is 5.91 Å². The third-order valence-electron chi connectivity index (χ3n) is 8.19. The number of aromatic nitrogens is 1. The largest absolute Gasteiger partial charge is 0.573 e. The lowest BCUT2D eigenvalue weighted by atomic mass is 9.98. The lowest BCUT2D eigenvalue weighted by Crippen LogP contribution is -2.43. The van der Waals surface area contributed by atoms with Crippen LogP contribution in [-0.2, 0) is 11.3 Å². The zero-order valence-electron chi connectivity index (χ0n) is 26.8. The van der Waals surface area contributed by atoms with Crippen LogP contribution in [0.25, 0.3) is 33.7 Å². The van der Waals surface area contributed by atoms with E-state index in [0.717, 1.165) is 5.56 Å². The van der Waals surface area contributed by atoms with E-state index in [9.17, 15) is 28.0 Å². The van der Waals surface area contributed by atoms with Gasteiger partial charge in [0.05, 0.1) is 24.7 Å². The maximum absolute atomic E-state index is 13.1. The van der Waals surface area contributed by atoms with Gasteiger partial charge in [-0.15, -0.1) is 13.2 Å². The Hall–Kier alpha value is -5.83. The lowest BCUT2D eigenvalue weighted by Gasteiger charge is -2.23. The fourth-order valence-electron chi connectivity index (χ4n) is 5.83. The van der Waals surface area contributed by atoms with E-state index in [4.69, 9.17) is 9.15 Å². The summed E-state index contributed by atoms with van der Waals surface area (Å²) in [6, 6.07) is 25.0. The third-order valence-corrected chi connectivity index (χ3v) is 8.19. The highest BCUT2D eigenvalue weighted by Gasteiger charge is 2.42. The molecule has 4 aromatic carbocycles. The minimum Gasteiger partial charge on any atom is -0.439 e. The molecule has 0 saturated carbocycles. The molecule has 1 aromatic heterocycles. The van der Waals surface area contributed by atoms with E-state index in [0.29, 0.717) is 44.8 Å². The number of amides is 2. The third kappa shape index (κ3) is 7.21. The average Bonchev–Trinajstić information content (AvgIpc) is 3.63. The van der Waals surface area contributed by atoms with E-state index in [1.54, 1.807) is 73.7 Å². The van der Waals surface area contributed by atoms with Gasteiger partial charge in [-0.25, -0.2) is 9.78 Å². The molecular weight excluding hydrogens is 637 g/mol. The van der Waals surface area contributed by atoms with Crippen molar-refractivity contribution in [3.63, 3.8) is 0 Å². The second-order valence-electron chi connectivity index (χ2n) is 12.3. The first kappa shape index (κ1) is 33.1. The molecule has 2 amide bonds. The van der Waals surface area contributed by atoms with E-state index in [1.807, 2.05) is 13.8 Å². The Labute approximate surface area is 279 Å². The molecule has 0 aliphatic carbocycles. The summed E-state index contributed by atoms with van der Waals surface area (Å²) in [7, 11) is 0. The Morgan fingerprint density at radius 2 is 1.76 bits per heavy atom. The van der Waals surface area contributed by atoms with Gasteiger partial charge in [-0.3, -0.25) is 9.69 Å². The number of cyclic esters (lactones) is 1. The smallest absolute Gasteiger partial charge is 0.439 e. The van der Waals surface area contributed by atoms with E-state index < -0.39 is 18.1 Å². The number of oxazole rings is 1. The quantitative estimate of drug-likeness (QED) is 0.168. The van der Waals surface area contributed by atoms with Gasteiger partial charge in [0.1, 0.15) is 16.9 Å². The zero-order chi connectivity index (χ0) is 34.9. The molecule has 12 heteroatoms. The monoisotopic (exact) mass is 668 g/mol. The van der Waals surface area contributed by atoms with Crippen molar-refractivity contribution in [1.82, 2.24) is 15.2 Å². The van der Waals surface area contributed by atoms with Crippen molar-refractivity contribution in [3.8, 4) is 34.4 Å². The molecule has 0 bridgehead atoms. The molecule has 1 atom stereocenters. The van der Waals surface area contributed by atoms with Gasteiger partial charge < -0.3 is 19.2 Å². The number of nitriles is 1. The van der Waals surface area contributed by atoms with Gasteiger partial charge >= 0.3 is 12.5 Å². The maximum Gasteiger partial charge on any atom is 0.573 e. The Kier molecular flexibility index (Phi) is 8.77. The number of fused-ring (bicyclic) bond motifs is 1. The van der Waals surface area contributed by atoms with Crippen LogP contribution in [0.3, 0.4) is 0 Å². The summed E-state index contributed by atoms with van der Waals surface area (Å²) in [6.07, 6.45) is -5.48. The fourth-order valence-corrected chi connectivity index (χ4v) is 5.83. The van der Waals surface area contributed by atoms with Crippen LogP contribution in [0.5, 0.6) is 5.75 Å². The summed E-state index contributed by atoms with van der Waals surface area (Å²) < 4.78 is 55.2. The Balaban J connectivity index is 1.12. The summed E-state index contributed by atoms with van der Waals surface area (Å²) in [4.78, 5) is 32.0. The molecule has 1 N–H and O–H groups in total. The van der Waals surface area contributed by atoms with Crippen LogP contribution < -0.4 is 10.1 Å². The number of carbonyl (C=O) groups excluding carboxylic acids is 2. The molecule has 1 unspecified atom stereocenters. The van der Waals surface area contributed by atoms with E-state index in [2.05, 4.69) is 21.1 Å². The molecular formula is C37H31F3N4O5. The standard InChI is InChI=1S/C37H31F3N4O5/c1-22(2)29-16-23(18-41)17-30-32(29)47-34(43-30)25-14-12-24(13-15-25)33(45)42-20-36(3)21-44(35(46)49-36)19-26-8-4-5-9-27(26)28-10-6-7-11-31(28)48-37(38,39)40/h4-17,22H,19-21H2,1-3H3,(H,42,45). The number of alkyl halides is 3. The van der Waals surface area contributed by atoms with Crippen molar-refractivity contribution in [1.29, 1.82) is 5.26 Å². The van der Waals surface area contributed by atoms with Crippen molar-refractivity contribution in [2.75, 3.05) is 13.1 Å². The molecule has 250 valence electrons. The average molecular weight is 669 g/mol. The van der Waals surface area contributed by atoms with Crippen molar-refractivity contribution in [2.45, 2.75) is 45.2 Å².